The van der Waals surface area contributed by atoms with E-state index in [1.54, 1.807) is 5.38 Å². The van der Waals surface area contributed by atoms with Gasteiger partial charge in [-0.05, 0) is 25.0 Å². The molecule has 0 fully saturated rings. The summed E-state index contributed by atoms with van der Waals surface area (Å²) in [5.41, 5.74) is 7.00. The Hall–Kier alpha value is -1.92. The topological polar surface area (TPSA) is 77.2 Å². The zero-order valence-corrected chi connectivity index (χ0v) is 12.8. The Bertz CT molecular complexity index is 598. The highest BCUT2D eigenvalue weighted by atomic mass is 32.1. The van der Waals surface area contributed by atoms with Gasteiger partial charge in [0.05, 0.1) is 6.61 Å². The number of carbonyl (C=O) groups excluding carboxylic acids is 1. The minimum atomic E-state index is -0.167. The summed E-state index contributed by atoms with van der Waals surface area (Å²) in [4.78, 5) is 16.1. The lowest BCUT2D eigenvalue weighted by Gasteiger charge is -2.10. The van der Waals surface area contributed by atoms with Gasteiger partial charge in [0.2, 0.25) is 0 Å². The first-order valence-electron chi connectivity index (χ1n) is 6.88. The number of amides is 1. The molecule has 1 heterocycles. The van der Waals surface area contributed by atoms with Gasteiger partial charge in [-0.15, -0.1) is 11.3 Å². The summed E-state index contributed by atoms with van der Waals surface area (Å²) in [6, 6.07) is 7.85. The lowest BCUT2D eigenvalue weighted by molar-refractivity contribution is 0.0949. The number of nitrogens with one attached hydrogen (secondary N) is 1. The van der Waals surface area contributed by atoms with Crippen LogP contribution in [0, 0.1) is 0 Å². The normalized spacial score (nSPS) is 10.4. The number of aromatic nitrogens is 1. The molecule has 5 nitrogen and oxygen atoms in total. The number of thiazole rings is 1. The molecule has 1 aromatic carbocycles. The van der Waals surface area contributed by atoms with Gasteiger partial charge in [-0.25, -0.2) is 4.98 Å². The van der Waals surface area contributed by atoms with Crippen molar-refractivity contribution in [2.75, 3.05) is 13.2 Å². The van der Waals surface area contributed by atoms with Crippen LogP contribution in [0.5, 0.6) is 5.75 Å². The van der Waals surface area contributed by atoms with E-state index in [0.717, 1.165) is 22.7 Å². The minimum Gasteiger partial charge on any atom is -0.494 e. The molecule has 0 saturated carbocycles. The molecule has 0 aliphatic carbocycles. The maximum Gasteiger partial charge on any atom is 0.270 e. The predicted molar refractivity (Wildman–Crippen MR) is 83.7 cm³/mol. The zero-order chi connectivity index (χ0) is 15.1. The molecule has 0 radical (unpaired) electrons. The third-order valence-electron chi connectivity index (χ3n) is 2.91. The van der Waals surface area contributed by atoms with Crippen LogP contribution in [0.2, 0.25) is 0 Å². The first-order chi connectivity index (χ1) is 10.2. The van der Waals surface area contributed by atoms with E-state index in [0.29, 0.717) is 25.4 Å². The number of nitrogens with zero attached hydrogens (tertiary/aromatic N) is 1. The van der Waals surface area contributed by atoms with E-state index in [-0.39, 0.29) is 5.91 Å². The van der Waals surface area contributed by atoms with Crippen molar-refractivity contribution in [3.63, 3.8) is 0 Å². The number of ether oxygens (including phenoxy) is 1. The Morgan fingerprint density at radius 2 is 2.24 bits per heavy atom. The second kappa shape index (κ2) is 7.75. The largest absolute Gasteiger partial charge is 0.494 e. The molecule has 6 heteroatoms. The van der Waals surface area contributed by atoms with Crippen molar-refractivity contribution < 1.29 is 9.53 Å². The number of hydrogen-bond donors (Lipinski definition) is 2. The number of rotatable bonds is 7. The number of nitrogens with two attached hydrogens (primary N) is 1. The average Bonchev–Trinajstić information content (AvgIpc) is 2.98. The SMILES string of the molecule is CCOc1ccccc1CCNC(=O)c1csc(CN)n1. The Kier molecular flexibility index (Phi) is 5.71. The van der Waals surface area contributed by atoms with E-state index in [4.69, 9.17) is 10.5 Å². The van der Waals surface area contributed by atoms with Crippen LogP contribution in [0.1, 0.15) is 28.0 Å². The van der Waals surface area contributed by atoms with Crippen LogP contribution in [0.3, 0.4) is 0 Å². The highest BCUT2D eigenvalue weighted by molar-refractivity contribution is 7.09. The summed E-state index contributed by atoms with van der Waals surface area (Å²) in [5.74, 6) is 0.702. The molecule has 1 amide bonds. The van der Waals surface area contributed by atoms with Crippen molar-refractivity contribution in [3.8, 4) is 5.75 Å². The zero-order valence-electron chi connectivity index (χ0n) is 12.0. The van der Waals surface area contributed by atoms with Crippen molar-refractivity contribution in [1.82, 2.24) is 10.3 Å². The van der Waals surface area contributed by atoms with Gasteiger partial charge in [0.1, 0.15) is 16.5 Å². The molecule has 0 unspecified atom stereocenters. The Labute approximate surface area is 128 Å². The molecule has 0 aliphatic heterocycles. The van der Waals surface area contributed by atoms with Gasteiger partial charge >= 0.3 is 0 Å². The van der Waals surface area contributed by atoms with E-state index >= 15 is 0 Å². The van der Waals surface area contributed by atoms with Crippen molar-refractivity contribution in [2.24, 2.45) is 5.73 Å². The van der Waals surface area contributed by atoms with Crippen molar-refractivity contribution in [3.05, 3.63) is 45.9 Å². The average molecular weight is 305 g/mol. The monoisotopic (exact) mass is 305 g/mol. The summed E-state index contributed by atoms with van der Waals surface area (Å²) in [6.45, 7) is 3.48. The van der Waals surface area contributed by atoms with Crippen molar-refractivity contribution in [2.45, 2.75) is 19.9 Å². The first-order valence-corrected chi connectivity index (χ1v) is 7.76. The van der Waals surface area contributed by atoms with Gasteiger partial charge in [0.15, 0.2) is 0 Å². The number of carbonyl (C=O) groups is 1. The molecular weight excluding hydrogens is 286 g/mol. The Morgan fingerprint density at radius 3 is 2.95 bits per heavy atom. The molecule has 0 saturated heterocycles. The summed E-state index contributed by atoms with van der Waals surface area (Å²) in [7, 11) is 0. The van der Waals surface area contributed by atoms with E-state index in [1.165, 1.54) is 11.3 Å². The molecule has 1 aromatic heterocycles. The second-order valence-electron chi connectivity index (χ2n) is 4.38. The molecule has 2 aromatic rings. The molecule has 0 atom stereocenters. The molecule has 0 bridgehead atoms. The summed E-state index contributed by atoms with van der Waals surface area (Å²) < 4.78 is 5.56. The van der Waals surface area contributed by atoms with E-state index in [1.807, 2.05) is 31.2 Å². The molecule has 3 N–H and O–H groups in total. The lowest BCUT2D eigenvalue weighted by atomic mass is 10.1. The smallest absolute Gasteiger partial charge is 0.270 e. The lowest BCUT2D eigenvalue weighted by Crippen LogP contribution is -2.26. The maximum atomic E-state index is 11.9. The van der Waals surface area contributed by atoms with Crippen LogP contribution >= 0.6 is 11.3 Å². The highest BCUT2D eigenvalue weighted by Crippen LogP contribution is 2.18. The fourth-order valence-electron chi connectivity index (χ4n) is 1.92. The standard InChI is InChI=1S/C15H19N3O2S/c1-2-20-13-6-4-3-5-11(13)7-8-17-15(19)12-10-21-14(9-16)18-12/h3-6,10H,2,7-9,16H2,1H3,(H,17,19). The van der Waals surface area contributed by atoms with Crippen LogP contribution in [0.4, 0.5) is 0 Å². The summed E-state index contributed by atoms with van der Waals surface area (Å²) in [6.07, 6.45) is 0.718. The third kappa shape index (κ3) is 4.27. The molecular formula is C15H19N3O2S. The predicted octanol–water partition coefficient (Wildman–Crippen LogP) is 1.97. The van der Waals surface area contributed by atoms with E-state index in [9.17, 15) is 4.79 Å². The molecule has 0 aliphatic rings. The number of hydrogen-bond acceptors (Lipinski definition) is 5. The van der Waals surface area contributed by atoms with Gasteiger partial charge in [0, 0.05) is 18.5 Å². The molecule has 21 heavy (non-hydrogen) atoms. The van der Waals surface area contributed by atoms with Gasteiger partial charge in [-0.1, -0.05) is 18.2 Å². The van der Waals surface area contributed by atoms with Gasteiger partial charge in [0.25, 0.3) is 5.91 Å². The Balaban J connectivity index is 1.88. The van der Waals surface area contributed by atoms with Gasteiger partial charge in [-0.3, -0.25) is 4.79 Å². The van der Waals surface area contributed by atoms with E-state index in [2.05, 4.69) is 10.3 Å². The first kappa shape index (κ1) is 15.5. The molecule has 0 spiro atoms. The Morgan fingerprint density at radius 1 is 1.43 bits per heavy atom. The molecule has 112 valence electrons. The van der Waals surface area contributed by atoms with Crippen LogP contribution in [0.15, 0.2) is 29.6 Å². The van der Waals surface area contributed by atoms with Gasteiger partial charge < -0.3 is 15.8 Å². The van der Waals surface area contributed by atoms with Crippen molar-refractivity contribution in [1.29, 1.82) is 0 Å². The second-order valence-corrected chi connectivity index (χ2v) is 5.32. The number of benzene rings is 1. The van der Waals surface area contributed by atoms with Crippen LogP contribution in [0.25, 0.3) is 0 Å². The minimum absolute atomic E-state index is 0.167. The highest BCUT2D eigenvalue weighted by Gasteiger charge is 2.10. The van der Waals surface area contributed by atoms with Crippen LogP contribution < -0.4 is 15.8 Å². The number of para-hydroxylation sites is 1. The summed E-state index contributed by atoms with van der Waals surface area (Å²) in [5, 5.41) is 5.36. The third-order valence-corrected chi connectivity index (χ3v) is 3.78. The fraction of sp³-hybridized carbons (Fsp3) is 0.333. The molecule has 2 rings (SSSR count). The maximum absolute atomic E-state index is 11.9. The fourth-order valence-corrected chi connectivity index (χ4v) is 2.57. The van der Waals surface area contributed by atoms with E-state index < -0.39 is 0 Å². The van der Waals surface area contributed by atoms with Gasteiger partial charge in [-0.2, -0.15) is 0 Å². The van der Waals surface area contributed by atoms with Crippen LogP contribution in [-0.4, -0.2) is 24.0 Å². The van der Waals surface area contributed by atoms with Crippen molar-refractivity contribution >= 4 is 17.2 Å². The van der Waals surface area contributed by atoms with Crippen LogP contribution in [-0.2, 0) is 13.0 Å². The quantitative estimate of drug-likeness (QED) is 0.820. The summed E-state index contributed by atoms with van der Waals surface area (Å²) >= 11 is 1.40.